The Morgan fingerprint density at radius 2 is 1.77 bits per heavy atom. The molecule has 0 fully saturated rings. The number of nitrogens with zero attached hydrogens (tertiary/aromatic N) is 2. The number of aromatic nitrogens is 1. The Kier molecular flexibility index (Phi) is 8.37. The third-order valence-electron chi connectivity index (χ3n) is 4.89. The summed E-state index contributed by atoms with van der Waals surface area (Å²) < 4.78 is 27.4. The van der Waals surface area contributed by atoms with Crippen molar-refractivity contribution < 1.29 is 13.2 Å². The number of benzene rings is 1. The van der Waals surface area contributed by atoms with Gasteiger partial charge in [-0.15, -0.1) is 0 Å². The van der Waals surface area contributed by atoms with Crippen molar-refractivity contribution >= 4 is 21.7 Å². The first-order valence-electron chi connectivity index (χ1n) is 10.2. The summed E-state index contributed by atoms with van der Waals surface area (Å²) in [6, 6.07) is 10.6. The molecule has 0 aliphatic carbocycles. The Hall–Kier alpha value is -2.45. The van der Waals surface area contributed by atoms with E-state index in [2.05, 4.69) is 15.0 Å². The Balaban J connectivity index is 1.96. The maximum absolute atomic E-state index is 12.4. The summed E-state index contributed by atoms with van der Waals surface area (Å²) >= 11 is 0. The van der Waals surface area contributed by atoms with Crippen LogP contribution >= 0.6 is 0 Å². The molecule has 0 bridgehead atoms. The van der Waals surface area contributed by atoms with Crippen LogP contribution in [0.3, 0.4) is 0 Å². The lowest BCUT2D eigenvalue weighted by molar-refractivity contribution is 0.0755. The molecule has 1 aromatic carbocycles. The summed E-state index contributed by atoms with van der Waals surface area (Å²) in [6.07, 6.45) is 3.05. The quantitative estimate of drug-likeness (QED) is 0.598. The number of carbonyl (C=O) groups is 1. The molecule has 0 saturated carbocycles. The summed E-state index contributed by atoms with van der Waals surface area (Å²) in [7, 11) is -1.78. The molecule has 1 amide bonds. The standard InChI is InChI=1S/C22H32N4O3S/c1-6-7-17(4)25-30(28,29)20-12-13-21(24-15-20)23-14-18-8-10-19(11-9-18)22(27)26(5)16(2)3/h8-13,15-17,25H,6-7,14H2,1-5H3,(H,23,24). The van der Waals surface area contributed by atoms with Crippen LogP contribution in [0.5, 0.6) is 0 Å². The lowest BCUT2D eigenvalue weighted by Gasteiger charge is -2.21. The van der Waals surface area contributed by atoms with Crippen molar-refractivity contribution in [1.29, 1.82) is 0 Å². The highest BCUT2D eigenvalue weighted by Gasteiger charge is 2.17. The molecule has 2 N–H and O–H groups in total. The van der Waals surface area contributed by atoms with E-state index in [1.165, 1.54) is 6.20 Å². The molecule has 164 valence electrons. The van der Waals surface area contributed by atoms with Crippen molar-refractivity contribution in [3.05, 3.63) is 53.7 Å². The average Bonchev–Trinajstić information content (AvgIpc) is 2.71. The number of hydrogen-bond acceptors (Lipinski definition) is 5. The SMILES string of the molecule is CCCC(C)NS(=O)(=O)c1ccc(NCc2ccc(C(=O)N(C)C(C)C)cc2)nc1. The fourth-order valence-corrected chi connectivity index (χ4v) is 4.09. The first-order valence-corrected chi connectivity index (χ1v) is 11.7. The van der Waals surface area contributed by atoms with Gasteiger partial charge in [-0.1, -0.05) is 25.5 Å². The van der Waals surface area contributed by atoms with E-state index in [9.17, 15) is 13.2 Å². The van der Waals surface area contributed by atoms with E-state index in [-0.39, 0.29) is 22.9 Å². The molecule has 0 radical (unpaired) electrons. The lowest BCUT2D eigenvalue weighted by Crippen LogP contribution is -2.32. The molecule has 2 aromatic rings. The van der Waals surface area contributed by atoms with Crippen LogP contribution in [0.2, 0.25) is 0 Å². The zero-order chi connectivity index (χ0) is 22.3. The summed E-state index contributed by atoms with van der Waals surface area (Å²) in [5.41, 5.74) is 1.64. The highest BCUT2D eigenvalue weighted by molar-refractivity contribution is 7.89. The first kappa shape index (κ1) is 23.8. The lowest BCUT2D eigenvalue weighted by atomic mass is 10.1. The highest BCUT2D eigenvalue weighted by Crippen LogP contribution is 2.14. The van der Waals surface area contributed by atoms with Crippen LogP contribution in [0.1, 0.15) is 56.5 Å². The topological polar surface area (TPSA) is 91.4 Å². The van der Waals surface area contributed by atoms with Crippen LogP contribution in [0.4, 0.5) is 5.82 Å². The number of nitrogens with one attached hydrogen (secondary N) is 2. The first-order chi connectivity index (χ1) is 14.1. The van der Waals surface area contributed by atoms with Crippen molar-refractivity contribution in [2.24, 2.45) is 0 Å². The molecule has 1 aromatic heterocycles. The van der Waals surface area contributed by atoms with Gasteiger partial charge in [-0.05, 0) is 57.0 Å². The monoisotopic (exact) mass is 432 g/mol. The van der Waals surface area contributed by atoms with Gasteiger partial charge in [-0.3, -0.25) is 4.79 Å². The average molecular weight is 433 g/mol. The maximum atomic E-state index is 12.4. The molecule has 1 atom stereocenters. The van der Waals surface area contributed by atoms with E-state index in [1.54, 1.807) is 24.1 Å². The van der Waals surface area contributed by atoms with E-state index in [4.69, 9.17) is 0 Å². The summed E-state index contributed by atoms with van der Waals surface area (Å²) in [4.78, 5) is 18.4. The van der Waals surface area contributed by atoms with Crippen molar-refractivity contribution in [3.63, 3.8) is 0 Å². The molecule has 0 saturated heterocycles. The molecule has 7 nitrogen and oxygen atoms in total. The predicted molar refractivity (Wildman–Crippen MR) is 120 cm³/mol. The van der Waals surface area contributed by atoms with E-state index in [0.717, 1.165) is 18.4 Å². The fourth-order valence-electron chi connectivity index (χ4n) is 2.86. The number of pyridine rings is 1. The van der Waals surface area contributed by atoms with Crippen LogP contribution in [0, 0.1) is 0 Å². The van der Waals surface area contributed by atoms with Gasteiger partial charge in [0.2, 0.25) is 10.0 Å². The molecular formula is C22H32N4O3S. The molecule has 0 aliphatic heterocycles. The summed E-state index contributed by atoms with van der Waals surface area (Å²) in [5, 5.41) is 3.17. The number of sulfonamides is 1. The number of amides is 1. The molecule has 2 rings (SSSR count). The molecule has 1 unspecified atom stereocenters. The van der Waals surface area contributed by atoms with E-state index in [1.807, 2.05) is 52.0 Å². The Bertz CT molecular complexity index is 926. The molecule has 30 heavy (non-hydrogen) atoms. The van der Waals surface area contributed by atoms with Crippen molar-refractivity contribution in [2.45, 2.75) is 64.1 Å². The Morgan fingerprint density at radius 3 is 2.30 bits per heavy atom. The van der Waals surface area contributed by atoms with Gasteiger partial charge in [0, 0.05) is 37.4 Å². The smallest absolute Gasteiger partial charge is 0.253 e. The summed E-state index contributed by atoms with van der Waals surface area (Å²) in [6.45, 7) is 8.33. The molecular weight excluding hydrogens is 400 g/mol. The molecule has 0 spiro atoms. The van der Waals surface area contributed by atoms with Gasteiger partial charge >= 0.3 is 0 Å². The van der Waals surface area contributed by atoms with Gasteiger partial charge in [-0.2, -0.15) is 0 Å². The number of hydrogen-bond donors (Lipinski definition) is 2. The number of carbonyl (C=O) groups excluding carboxylic acids is 1. The van der Waals surface area contributed by atoms with Gasteiger partial charge in [0.05, 0.1) is 0 Å². The number of anilines is 1. The van der Waals surface area contributed by atoms with Gasteiger partial charge in [-0.25, -0.2) is 18.1 Å². The minimum absolute atomic E-state index is 0.00941. The van der Waals surface area contributed by atoms with E-state index in [0.29, 0.717) is 17.9 Å². The van der Waals surface area contributed by atoms with Crippen LogP contribution in [0.25, 0.3) is 0 Å². The minimum Gasteiger partial charge on any atom is -0.366 e. The van der Waals surface area contributed by atoms with Crippen molar-refractivity contribution in [2.75, 3.05) is 12.4 Å². The van der Waals surface area contributed by atoms with Crippen molar-refractivity contribution in [3.8, 4) is 0 Å². The van der Waals surface area contributed by atoms with E-state index >= 15 is 0 Å². The molecule has 0 aliphatic rings. The second-order valence-electron chi connectivity index (χ2n) is 7.75. The van der Waals surface area contributed by atoms with Crippen LogP contribution < -0.4 is 10.0 Å². The van der Waals surface area contributed by atoms with Gasteiger partial charge < -0.3 is 10.2 Å². The van der Waals surface area contributed by atoms with Gasteiger partial charge in [0.15, 0.2) is 0 Å². The maximum Gasteiger partial charge on any atom is 0.253 e. The Labute approximate surface area is 180 Å². The third kappa shape index (κ3) is 6.53. The second-order valence-corrected chi connectivity index (χ2v) is 9.46. The highest BCUT2D eigenvalue weighted by atomic mass is 32.2. The Morgan fingerprint density at radius 1 is 1.10 bits per heavy atom. The normalized spacial score (nSPS) is 12.6. The summed E-state index contributed by atoms with van der Waals surface area (Å²) in [5.74, 6) is 0.570. The van der Waals surface area contributed by atoms with Gasteiger partial charge in [0.1, 0.15) is 10.7 Å². The van der Waals surface area contributed by atoms with Crippen LogP contribution in [-0.4, -0.2) is 43.3 Å². The third-order valence-corrected chi connectivity index (χ3v) is 6.47. The largest absolute Gasteiger partial charge is 0.366 e. The van der Waals surface area contributed by atoms with Crippen molar-refractivity contribution in [1.82, 2.24) is 14.6 Å². The fraction of sp³-hybridized carbons (Fsp3) is 0.455. The van der Waals surface area contributed by atoms with Crippen LogP contribution in [-0.2, 0) is 16.6 Å². The molecule has 1 heterocycles. The predicted octanol–water partition coefficient (Wildman–Crippen LogP) is 3.64. The second kappa shape index (κ2) is 10.5. The minimum atomic E-state index is -3.57. The van der Waals surface area contributed by atoms with Crippen LogP contribution in [0.15, 0.2) is 47.5 Å². The zero-order valence-corrected chi connectivity index (χ0v) is 19.2. The van der Waals surface area contributed by atoms with E-state index < -0.39 is 10.0 Å². The zero-order valence-electron chi connectivity index (χ0n) is 18.3. The molecule has 8 heteroatoms. The number of rotatable bonds is 10. The van der Waals surface area contributed by atoms with Gasteiger partial charge in [0.25, 0.3) is 5.91 Å².